The first-order chi connectivity index (χ1) is 41.0. The molecule has 2 heterocycles. The number of halogens is 6. The van der Waals surface area contributed by atoms with Gasteiger partial charge in [0.1, 0.15) is 36.1 Å². The van der Waals surface area contributed by atoms with Crippen LogP contribution in [0.15, 0.2) is 146 Å². The molecule has 2 N–H and O–H groups in total. The molecule has 6 aromatic carbocycles. The Morgan fingerprint density at radius 1 is 0.523 bits per heavy atom. The molecule has 2 aliphatic heterocycles. The molecular formula is C64H70Cl4F2N4O12S2. The highest BCUT2D eigenvalue weighted by Crippen LogP contribution is 2.48. The van der Waals surface area contributed by atoms with E-state index >= 15 is 0 Å². The van der Waals surface area contributed by atoms with Crippen LogP contribution in [0.25, 0.3) is 0 Å². The molecule has 2 aliphatic carbocycles. The zero-order chi connectivity index (χ0) is 61.8. The van der Waals surface area contributed by atoms with E-state index in [-0.39, 0.29) is 39.3 Å². The van der Waals surface area contributed by atoms with Crippen LogP contribution in [0, 0.1) is 11.6 Å². The largest absolute Gasteiger partial charge is 0.481 e. The van der Waals surface area contributed by atoms with Crippen LogP contribution in [0.2, 0.25) is 20.1 Å². The number of amides is 2. The predicted octanol–water partition coefficient (Wildman–Crippen LogP) is 14.1. The maximum atomic E-state index is 14.2. The third-order valence-corrected chi connectivity index (χ3v) is 21.1. The summed E-state index contributed by atoms with van der Waals surface area (Å²) in [4.78, 5) is 55.2. The molecule has 0 bridgehead atoms. The molecule has 10 rings (SSSR count). The van der Waals surface area contributed by atoms with Crippen LogP contribution in [0.5, 0.6) is 0 Å². The van der Waals surface area contributed by atoms with Gasteiger partial charge in [-0.15, -0.1) is 0 Å². The van der Waals surface area contributed by atoms with Crippen molar-refractivity contribution in [3.63, 3.8) is 0 Å². The highest BCUT2D eigenvalue weighted by Gasteiger charge is 2.51. The lowest BCUT2D eigenvalue weighted by Gasteiger charge is -2.48. The number of carbonyl (C=O) groups is 4. The van der Waals surface area contributed by atoms with E-state index in [0.29, 0.717) is 80.9 Å². The van der Waals surface area contributed by atoms with E-state index in [9.17, 15) is 55.0 Å². The number of carbonyl (C=O) groups excluding carboxylic acids is 2. The zero-order valence-corrected chi connectivity index (χ0v) is 51.2. The van der Waals surface area contributed by atoms with Crippen LogP contribution in [0.3, 0.4) is 0 Å². The number of carboxylic acid groups (broad SMARTS) is 2. The highest BCUT2D eigenvalue weighted by molar-refractivity contribution is 7.94. The van der Waals surface area contributed by atoms with Gasteiger partial charge in [-0.2, -0.15) is 0 Å². The first-order valence-electron chi connectivity index (χ1n) is 27.9. The number of hydrogen-bond donors (Lipinski definition) is 2. The summed E-state index contributed by atoms with van der Waals surface area (Å²) < 4.78 is 97.5. The van der Waals surface area contributed by atoms with Crippen molar-refractivity contribution < 1.29 is 64.5 Å². The minimum Gasteiger partial charge on any atom is -0.481 e. The molecule has 2 saturated carbocycles. The lowest BCUT2D eigenvalue weighted by atomic mass is 9.89. The summed E-state index contributed by atoms with van der Waals surface area (Å²) in [5, 5.41) is 20.0. The van der Waals surface area contributed by atoms with Gasteiger partial charge in [0.25, 0.3) is 11.8 Å². The second-order valence-electron chi connectivity index (χ2n) is 21.5. The van der Waals surface area contributed by atoms with Crippen LogP contribution in [-0.4, -0.2) is 108 Å². The summed E-state index contributed by atoms with van der Waals surface area (Å²) in [5.41, 5.74) is 3.13. The number of hydrogen-bond acceptors (Lipinski definition) is 10. The molecule has 2 amide bonds. The van der Waals surface area contributed by atoms with Gasteiger partial charge in [0.15, 0.2) is 0 Å². The minimum atomic E-state index is -3.83. The van der Waals surface area contributed by atoms with Gasteiger partial charge in [0.05, 0.1) is 72.0 Å². The maximum absolute atomic E-state index is 14.2. The molecule has 0 unspecified atom stereocenters. The fourth-order valence-electron chi connectivity index (χ4n) is 11.0. The second-order valence-corrected chi connectivity index (χ2v) is 27.5. The van der Waals surface area contributed by atoms with Crippen molar-refractivity contribution in [3.8, 4) is 0 Å². The number of ether oxygens (including phenoxy) is 2. The summed E-state index contributed by atoms with van der Waals surface area (Å²) in [6.07, 6.45) is -2.81. The van der Waals surface area contributed by atoms with Gasteiger partial charge < -0.3 is 29.5 Å². The number of nitrogens with zero attached hydrogens (tertiary/aromatic N) is 4. The summed E-state index contributed by atoms with van der Waals surface area (Å²) in [7, 11) is -7.67. The Kier molecular flexibility index (Phi) is 23.2. The van der Waals surface area contributed by atoms with E-state index in [2.05, 4.69) is 0 Å². The third-order valence-electron chi connectivity index (χ3n) is 15.6. The Labute approximate surface area is 532 Å². The summed E-state index contributed by atoms with van der Waals surface area (Å²) >= 11 is 25.1. The Morgan fingerprint density at radius 2 is 0.852 bits per heavy atom. The van der Waals surface area contributed by atoms with Crippen LogP contribution in [0.1, 0.15) is 127 Å². The minimum absolute atomic E-state index is 0. The average Bonchev–Trinajstić information content (AvgIpc) is 0.915. The van der Waals surface area contributed by atoms with Crippen molar-refractivity contribution in [3.05, 3.63) is 200 Å². The van der Waals surface area contributed by atoms with Crippen LogP contribution < -0.4 is 8.61 Å². The molecule has 2 saturated heterocycles. The van der Waals surface area contributed by atoms with E-state index in [4.69, 9.17) is 55.9 Å². The molecule has 16 nitrogen and oxygen atoms in total. The van der Waals surface area contributed by atoms with E-state index < -0.39 is 127 Å². The molecule has 472 valence electrons. The first-order valence-corrected chi connectivity index (χ1v) is 32.5. The first kappa shape index (κ1) is 69.1. The van der Waals surface area contributed by atoms with Gasteiger partial charge in [-0.3, -0.25) is 27.8 Å². The normalized spacial score (nSPS) is 21.0. The van der Waals surface area contributed by atoms with E-state index in [1.54, 1.807) is 107 Å². The molecule has 0 aromatic heterocycles. The molecule has 24 heteroatoms. The van der Waals surface area contributed by atoms with Crippen molar-refractivity contribution in [1.29, 1.82) is 0 Å². The second kappa shape index (κ2) is 29.5. The van der Waals surface area contributed by atoms with Gasteiger partial charge in [-0.05, 0) is 158 Å². The lowest BCUT2D eigenvalue weighted by Crippen LogP contribution is -2.58. The van der Waals surface area contributed by atoms with Gasteiger partial charge >= 0.3 is 11.9 Å². The van der Waals surface area contributed by atoms with E-state index in [0.717, 1.165) is 0 Å². The average molecular weight is 1330 g/mol. The van der Waals surface area contributed by atoms with Gasteiger partial charge in [0.2, 0.25) is 20.0 Å². The number of benzene rings is 6. The SMILES string of the molecule is C.C.CC[C@@H](CN(c1ccc(F)cc1)S(=O)(=O)C1CC1)N1C(=O)[C@@H](CC(=O)O)O[C@H](c2cccc(Cl)c2)[C@H]1c1ccc(Cl)cc1.CC[C@@H](CN(c1ccc(F)cc1)S(=O)(=O)C1CC1)N1C(=O)[C@H](CC(=O)O)O[C@H](c2cccc(Cl)c2)[C@H]1c1ccc(Cl)cc1. The number of morpholine rings is 2. The quantitative estimate of drug-likeness (QED) is 0.0651. The van der Waals surface area contributed by atoms with E-state index in [1.807, 2.05) is 13.8 Å². The number of anilines is 2. The Balaban J connectivity index is 0.000000245. The van der Waals surface area contributed by atoms with Crippen molar-refractivity contribution in [1.82, 2.24) is 9.80 Å². The molecule has 4 aliphatic rings. The number of rotatable bonds is 22. The van der Waals surface area contributed by atoms with Crippen molar-refractivity contribution in [2.45, 2.75) is 139 Å². The molecule has 4 fully saturated rings. The summed E-state index contributed by atoms with van der Waals surface area (Å²) in [5.74, 6) is -4.60. The summed E-state index contributed by atoms with van der Waals surface area (Å²) in [6.45, 7) is 3.41. The Morgan fingerprint density at radius 3 is 1.14 bits per heavy atom. The zero-order valence-electron chi connectivity index (χ0n) is 46.6. The van der Waals surface area contributed by atoms with Crippen molar-refractivity contribution in [2.75, 3.05) is 21.7 Å². The molecule has 88 heavy (non-hydrogen) atoms. The van der Waals surface area contributed by atoms with Crippen molar-refractivity contribution in [2.24, 2.45) is 0 Å². The predicted molar refractivity (Wildman–Crippen MR) is 338 cm³/mol. The van der Waals surface area contributed by atoms with Gasteiger partial charge in [0, 0.05) is 20.1 Å². The van der Waals surface area contributed by atoms with Crippen molar-refractivity contribution >= 4 is 102 Å². The molecule has 8 atom stereocenters. The fourth-order valence-corrected chi connectivity index (χ4v) is 15.5. The van der Waals surface area contributed by atoms with Crippen LogP contribution >= 0.6 is 46.4 Å². The number of sulfonamides is 2. The molecular weight excluding hydrogens is 1260 g/mol. The molecule has 6 aromatic rings. The Hall–Kier alpha value is -6.36. The third kappa shape index (κ3) is 16.0. The Bertz CT molecular complexity index is 3410. The standard InChI is InChI=1S/2C31H31Cl2FN2O6S.2CH4/c2*1-2-24(18-35(43(40,41)26-14-15-26)25-12-10-23(34)11-13-25)36-29(19-6-8-21(32)9-7-19)30(20-4-3-5-22(33)16-20)42-27(31(36)39)17-28(37)38;;/h2*3-13,16,24,26-27,29-30H,2,14-15,17-18H2,1H3,(H,37,38);2*1H4/t24-,27+,29+,30+;24-,27-,29+,30+;;/m00../s1. The van der Waals surface area contributed by atoms with Crippen LogP contribution in [0.4, 0.5) is 20.2 Å². The van der Waals surface area contributed by atoms with E-state index in [1.165, 1.54) is 57.1 Å². The van der Waals surface area contributed by atoms with Gasteiger partial charge in [-0.25, -0.2) is 25.6 Å². The van der Waals surface area contributed by atoms with Crippen LogP contribution in [-0.2, 0) is 48.7 Å². The smallest absolute Gasteiger partial charge is 0.306 e. The maximum Gasteiger partial charge on any atom is 0.306 e. The molecule has 0 spiro atoms. The van der Waals surface area contributed by atoms with Gasteiger partial charge in [-0.1, -0.05) is 124 Å². The molecule has 0 radical (unpaired) electrons. The fraction of sp³-hybridized carbons (Fsp3) is 0.375. The number of aliphatic carboxylic acids is 2. The topological polar surface area (TPSA) is 208 Å². The highest BCUT2D eigenvalue weighted by atomic mass is 35.5. The summed E-state index contributed by atoms with van der Waals surface area (Å²) in [6, 6.07) is 35.0. The lowest BCUT2D eigenvalue weighted by molar-refractivity contribution is -0.183. The monoisotopic (exact) mass is 1330 g/mol. The number of carboxylic acids is 2.